The van der Waals surface area contributed by atoms with Gasteiger partial charge in [-0.1, -0.05) is 29.8 Å². The van der Waals surface area contributed by atoms with Crippen LogP contribution in [0.15, 0.2) is 48.5 Å². The van der Waals surface area contributed by atoms with E-state index in [0.717, 1.165) is 7.11 Å². The summed E-state index contributed by atoms with van der Waals surface area (Å²) in [5, 5.41) is 1.91. The van der Waals surface area contributed by atoms with Crippen LogP contribution in [0.3, 0.4) is 0 Å². The number of hydrazine groups is 1. The van der Waals surface area contributed by atoms with Crippen molar-refractivity contribution in [1.29, 1.82) is 0 Å². The van der Waals surface area contributed by atoms with Gasteiger partial charge in [0.05, 0.1) is 25.5 Å². The summed E-state index contributed by atoms with van der Waals surface area (Å²) in [7, 11) is 2.02. The fourth-order valence-electron chi connectivity index (χ4n) is 2.35. The third-order valence-corrected chi connectivity index (χ3v) is 4.02. The van der Waals surface area contributed by atoms with E-state index in [4.69, 9.17) is 16.3 Å². The molecule has 1 amide bonds. The molecule has 0 aliphatic rings. The maximum absolute atomic E-state index is 14.0. The van der Waals surface area contributed by atoms with Crippen LogP contribution in [0.4, 0.5) is 18.9 Å². The quantitative estimate of drug-likeness (QED) is 0.354. The molecular formula is C18H17ClF3N3O4. The molecule has 0 heterocycles. The van der Waals surface area contributed by atoms with Crippen molar-refractivity contribution in [3.63, 3.8) is 0 Å². The minimum atomic E-state index is -5.29. The molecule has 2 aromatic carbocycles. The van der Waals surface area contributed by atoms with Crippen LogP contribution in [-0.2, 0) is 9.53 Å². The molecule has 0 saturated heterocycles. The van der Waals surface area contributed by atoms with Crippen molar-refractivity contribution >= 4 is 29.2 Å². The van der Waals surface area contributed by atoms with Gasteiger partial charge in [-0.15, -0.1) is 0 Å². The Kier molecular flexibility index (Phi) is 6.93. The zero-order valence-electron chi connectivity index (χ0n) is 15.3. The van der Waals surface area contributed by atoms with Crippen LogP contribution in [0.25, 0.3) is 0 Å². The van der Waals surface area contributed by atoms with Gasteiger partial charge < -0.3 is 20.2 Å². The standard InChI is InChI=1S/C18H17ClF3N3O4/c1-28-14-9-4-3-8-13(14)15(26)23-17(16(27)29-2,18(20,21)22)25-24-12-7-5-6-11(19)10-12/h3-10,24-25H,1-2H3,(H,23,26)/t17-/m0/s1. The Morgan fingerprint density at radius 2 is 1.72 bits per heavy atom. The minimum absolute atomic E-state index is 0.0220. The summed E-state index contributed by atoms with van der Waals surface area (Å²) in [5.74, 6) is -2.98. The Morgan fingerprint density at radius 1 is 1.03 bits per heavy atom. The second-order valence-electron chi connectivity index (χ2n) is 5.65. The van der Waals surface area contributed by atoms with Crippen molar-refractivity contribution in [3.05, 3.63) is 59.1 Å². The summed E-state index contributed by atoms with van der Waals surface area (Å²) in [6.45, 7) is 0. The molecule has 11 heteroatoms. The van der Waals surface area contributed by atoms with Gasteiger partial charge in [-0.2, -0.15) is 18.6 Å². The van der Waals surface area contributed by atoms with Crippen LogP contribution >= 0.6 is 11.6 Å². The number of hydrogen-bond donors (Lipinski definition) is 3. The van der Waals surface area contributed by atoms with Crippen molar-refractivity contribution in [2.24, 2.45) is 0 Å². The summed E-state index contributed by atoms with van der Waals surface area (Å²) in [6.07, 6.45) is -5.29. The van der Waals surface area contributed by atoms with E-state index in [2.05, 4.69) is 10.2 Å². The van der Waals surface area contributed by atoms with Crippen molar-refractivity contribution in [2.75, 3.05) is 19.6 Å². The predicted molar refractivity (Wildman–Crippen MR) is 99.5 cm³/mol. The maximum atomic E-state index is 14.0. The van der Waals surface area contributed by atoms with E-state index < -0.39 is 23.7 Å². The highest BCUT2D eigenvalue weighted by molar-refractivity contribution is 6.30. The zero-order chi connectivity index (χ0) is 21.7. The van der Waals surface area contributed by atoms with Gasteiger partial charge in [0.1, 0.15) is 5.75 Å². The molecule has 3 N–H and O–H groups in total. The van der Waals surface area contributed by atoms with Gasteiger partial charge in [0, 0.05) is 5.02 Å². The van der Waals surface area contributed by atoms with Crippen LogP contribution in [0, 0.1) is 0 Å². The van der Waals surface area contributed by atoms with Gasteiger partial charge in [0.15, 0.2) is 0 Å². The van der Waals surface area contributed by atoms with Crippen LogP contribution in [0.2, 0.25) is 5.02 Å². The molecule has 2 rings (SSSR count). The number of hydrogen-bond acceptors (Lipinski definition) is 6. The first kappa shape index (κ1) is 22.3. The zero-order valence-corrected chi connectivity index (χ0v) is 16.0. The monoisotopic (exact) mass is 431 g/mol. The summed E-state index contributed by atoms with van der Waals surface area (Å²) in [6, 6.07) is 11.3. The average Bonchev–Trinajstić information content (AvgIpc) is 2.69. The molecule has 29 heavy (non-hydrogen) atoms. The third kappa shape index (κ3) is 4.90. The van der Waals surface area contributed by atoms with Gasteiger partial charge in [-0.25, -0.2) is 4.79 Å². The first-order chi connectivity index (χ1) is 13.6. The molecule has 1 atom stereocenters. The van der Waals surface area contributed by atoms with Gasteiger partial charge >= 0.3 is 17.8 Å². The number of benzene rings is 2. The highest BCUT2D eigenvalue weighted by Crippen LogP contribution is 2.31. The lowest BCUT2D eigenvalue weighted by molar-refractivity contribution is -0.215. The van der Waals surface area contributed by atoms with E-state index in [1.165, 1.54) is 55.6 Å². The van der Waals surface area contributed by atoms with E-state index in [0.29, 0.717) is 0 Å². The molecule has 156 valence electrons. The molecule has 0 fully saturated rings. The Balaban J connectivity index is 2.42. The lowest BCUT2D eigenvalue weighted by Crippen LogP contribution is -2.73. The van der Waals surface area contributed by atoms with Crippen molar-refractivity contribution in [1.82, 2.24) is 10.7 Å². The molecule has 0 aliphatic heterocycles. The molecule has 0 aromatic heterocycles. The maximum Gasteiger partial charge on any atom is 0.438 e. The van der Waals surface area contributed by atoms with E-state index in [1.54, 1.807) is 5.32 Å². The number of carbonyl (C=O) groups is 2. The molecule has 0 unspecified atom stereocenters. The van der Waals surface area contributed by atoms with Crippen molar-refractivity contribution in [3.8, 4) is 5.75 Å². The Morgan fingerprint density at radius 3 is 2.31 bits per heavy atom. The lowest BCUT2D eigenvalue weighted by atomic mass is 10.1. The number of anilines is 1. The van der Waals surface area contributed by atoms with Gasteiger partial charge in [-0.05, 0) is 30.3 Å². The first-order valence-corrected chi connectivity index (χ1v) is 8.42. The van der Waals surface area contributed by atoms with Crippen molar-refractivity contribution < 1.29 is 32.2 Å². The smallest absolute Gasteiger partial charge is 0.438 e. The number of alkyl halides is 3. The summed E-state index contributed by atoms with van der Waals surface area (Å²) in [4.78, 5) is 24.8. The number of esters is 1. The van der Waals surface area contributed by atoms with Crippen LogP contribution in [-0.4, -0.2) is 37.9 Å². The van der Waals surface area contributed by atoms with Crippen molar-refractivity contribution in [2.45, 2.75) is 11.8 Å². The van der Waals surface area contributed by atoms with Gasteiger partial charge in [0.25, 0.3) is 5.91 Å². The second-order valence-corrected chi connectivity index (χ2v) is 6.09. The largest absolute Gasteiger partial charge is 0.496 e. The average molecular weight is 432 g/mol. The van der Waals surface area contributed by atoms with E-state index in [1.807, 2.05) is 5.43 Å². The predicted octanol–water partition coefficient (Wildman–Crippen LogP) is 3.13. The summed E-state index contributed by atoms with van der Waals surface area (Å²) in [5.41, 5.74) is 0.349. The highest BCUT2D eigenvalue weighted by atomic mass is 35.5. The van der Waals surface area contributed by atoms with Crippen LogP contribution in [0.5, 0.6) is 5.75 Å². The molecule has 0 radical (unpaired) electrons. The summed E-state index contributed by atoms with van der Waals surface area (Å²) < 4.78 is 51.2. The molecule has 0 spiro atoms. The fraction of sp³-hybridized carbons (Fsp3) is 0.222. The van der Waals surface area contributed by atoms with Crippen LogP contribution < -0.4 is 20.9 Å². The number of ether oxygens (including phenoxy) is 2. The highest BCUT2D eigenvalue weighted by Gasteiger charge is 2.63. The number of nitrogens with one attached hydrogen (secondary N) is 3. The number of methoxy groups -OCH3 is 2. The topological polar surface area (TPSA) is 88.7 Å². The number of carbonyl (C=O) groups excluding carboxylic acids is 2. The fourth-order valence-corrected chi connectivity index (χ4v) is 2.54. The molecule has 0 bridgehead atoms. The number of para-hydroxylation sites is 1. The molecule has 7 nitrogen and oxygen atoms in total. The number of amides is 1. The molecule has 0 aliphatic carbocycles. The molecular weight excluding hydrogens is 415 g/mol. The van der Waals surface area contributed by atoms with E-state index in [9.17, 15) is 22.8 Å². The SMILES string of the molecule is COC(=O)[C@@](NNc1cccc(Cl)c1)(NC(=O)c1ccccc1OC)C(F)(F)F. The summed E-state index contributed by atoms with van der Waals surface area (Å²) >= 11 is 5.81. The second kappa shape index (κ2) is 9.01. The Hall–Kier alpha value is -2.98. The lowest BCUT2D eigenvalue weighted by Gasteiger charge is -2.34. The van der Waals surface area contributed by atoms with E-state index >= 15 is 0 Å². The minimum Gasteiger partial charge on any atom is -0.496 e. The molecule has 0 saturated carbocycles. The van der Waals surface area contributed by atoms with Gasteiger partial charge in [-0.3, -0.25) is 4.79 Å². The van der Waals surface area contributed by atoms with E-state index in [-0.39, 0.29) is 22.0 Å². The van der Waals surface area contributed by atoms with Gasteiger partial charge in [0.2, 0.25) is 0 Å². The Labute approximate surface area is 169 Å². The number of halogens is 4. The third-order valence-electron chi connectivity index (χ3n) is 3.79. The number of rotatable bonds is 7. The van der Waals surface area contributed by atoms with Crippen LogP contribution in [0.1, 0.15) is 10.4 Å². The normalized spacial score (nSPS) is 13.2. The Bertz CT molecular complexity index is 895. The first-order valence-electron chi connectivity index (χ1n) is 8.04. The molecule has 2 aromatic rings.